The molecule has 16 heavy (non-hydrogen) atoms. The van der Waals surface area contributed by atoms with Crippen molar-refractivity contribution in [2.45, 2.75) is 20.4 Å². The first-order valence-corrected chi connectivity index (χ1v) is 5.50. The number of H-pyrrole nitrogens is 1. The molecule has 1 aromatic rings. The predicted octanol–water partition coefficient (Wildman–Crippen LogP) is 0.506. The van der Waals surface area contributed by atoms with Gasteiger partial charge in [0.1, 0.15) is 0 Å². The lowest BCUT2D eigenvalue weighted by Crippen LogP contribution is -2.31. The van der Waals surface area contributed by atoms with Crippen LogP contribution in [-0.2, 0) is 6.54 Å². The van der Waals surface area contributed by atoms with Crippen molar-refractivity contribution in [1.29, 1.82) is 0 Å². The topological polar surface area (TPSA) is 75.1 Å². The van der Waals surface area contributed by atoms with Crippen LogP contribution >= 0.6 is 15.9 Å². The van der Waals surface area contributed by atoms with E-state index in [-0.39, 0.29) is 12.2 Å². The molecular weight excluding hydrogens is 276 g/mol. The van der Waals surface area contributed by atoms with E-state index in [1.165, 1.54) is 10.8 Å². The number of aryl methyl sites for hydroxylation is 1. The summed E-state index contributed by atoms with van der Waals surface area (Å²) in [5.74, 6) is 0. The molecule has 1 rings (SSSR count). The van der Waals surface area contributed by atoms with Crippen molar-refractivity contribution in [1.82, 2.24) is 9.55 Å². The first kappa shape index (κ1) is 12.9. The Kier molecular flexibility index (Phi) is 4.26. The normalized spacial score (nSPS) is 12.5. The van der Waals surface area contributed by atoms with Crippen molar-refractivity contribution in [2.24, 2.45) is 0 Å². The summed E-state index contributed by atoms with van der Waals surface area (Å²) in [6.07, 6.45) is 1.49. The third kappa shape index (κ3) is 2.93. The van der Waals surface area contributed by atoms with Crippen LogP contribution < -0.4 is 11.2 Å². The predicted molar refractivity (Wildman–Crippen MR) is 64.8 cm³/mol. The van der Waals surface area contributed by atoms with Crippen molar-refractivity contribution in [3.05, 3.63) is 42.7 Å². The highest BCUT2D eigenvalue weighted by atomic mass is 79.9. The molecule has 0 radical (unpaired) electrons. The van der Waals surface area contributed by atoms with E-state index in [0.29, 0.717) is 12.1 Å². The van der Waals surface area contributed by atoms with E-state index < -0.39 is 5.69 Å². The highest BCUT2D eigenvalue weighted by Crippen LogP contribution is 2.12. The van der Waals surface area contributed by atoms with Gasteiger partial charge in [-0.15, -0.1) is 0 Å². The van der Waals surface area contributed by atoms with Crippen LogP contribution in [0.15, 0.2) is 25.8 Å². The molecule has 2 N–H and O–H groups in total. The van der Waals surface area contributed by atoms with Crippen LogP contribution in [-0.4, -0.2) is 21.3 Å². The zero-order chi connectivity index (χ0) is 12.3. The van der Waals surface area contributed by atoms with Crippen molar-refractivity contribution >= 4 is 15.9 Å². The standard InChI is InChI=1S/C10H13BrN2O3/c1-6-3-13(10(16)12-9(6)15)4-8(11)7(2)5-14/h3,14H,4-5H2,1-2H3,(H,12,15,16)/b8-7-. The summed E-state index contributed by atoms with van der Waals surface area (Å²) in [7, 11) is 0. The van der Waals surface area contributed by atoms with Gasteiger partial charge < -0.3 is 5.11 Å². The fraction of sp³-hybridized carbons (Fsp3) is 0.400. The smallest absolute Gasteiger partial charge is 0.328 e. The summed E-state index contributed by atoms with van der Waals surface area (Å²) >= 11 is 3.29. The van der Waals surface area contributed by atoms with Crippen LogP contribution in [0, 0.1) is 6.92 Å². The third-order valence-electron chi connectivity index (χ3n) is 2.20. The molecule has 0 aromatic carbocycles. The Morgan fingerprint density at radius 1 is 1.56 bits per heavy atom. The lowest BCUT2D eigenvalue weighted by molar-refractivity contribution is 0.330. The number of aliphatic hydroxyl groups is 1. The quantitative estimate of drug-likeness (QED) is 0.851. The van der Waals surface area contributed by atoms with E-state index in [0.717, 1.165) is 10.1 Å². The van der Waals surface area contributed by atoms with Gasteiger partial charge in [-0.05, 0) is 19.4 Å². The molecule has 0 amide bonds. The minimum atomic E-state index is -0.460. The molecule has 0 aliphatic carbocycles. The highest BCUT2D eigenvalue weighted by Gasteiger charge is 2.04. The van der Waals surface area contributed by atoms with Gasteiger partial charge in [0, 0.05) is 16.2 Å². The van der Waals surface area contributed by atoms with E-state index in [2.05, 4.69) is 20.9 Å². The van der Waals surface area contributed by atoms with E-state index in [1.807, 2.05) is 0 Å². The number of aromatic amines is 1. The number of halogens is 1. The second-order valence-electron chi connectivity index (χ2n) is 3.54. The average Bonchev–Trinajstić information content (AvgIpc) is 2.24. The van der Waals surface area contributed by atoms with Gasteiger partial charge in [-0.2, -0.15) is 0 Å². The van der Waals surface area contributed by atoms with Gasteiger partial charge in [0.05, 0.1) is 13.2 Å². The molecule has 0 bridgehead atoms. The maximum atomic E-state index is 11.4. The van der Waals surface area contributed by atoms with Gasteiger partial charge in [0.15, 0.2) is 0 Å². The second-order valence-corrected chi connectivity index (χ2v) is 4.50. The fourth-order valence-electron chi connectivity index (χ4n) is 1.11. The highest BCUT2D eigenvalue weighted by molar-refractivity contribution is 9.11. The van der Waals surface area contributed by atoms with Gasteiger partial charge >= 0.3 is 5.69 Å². The number of nitrogens with zero attached hydrogens (tertiary/aromatic N) is 1. The van der Waals surface area contributed by atoms with E-state index >= 15 is 0 Å². The van der Waals surface area contributed by atoms with Gasteiger partial charge in [-0.3, -0.25) is 14.3 Å². The Hall–Kier alpha value is -1.14. The largest absolute Gasteiger partial charge is 0.392 e. The van der Waals surface area contributed by atoms with Crippen LogP contribution in [0.2, 0.25) is 0 Å². The monoisotopic (exact) mass is 288 g/mol. The zero-order valence-electron chi connectivity index (χ0n) is 9.08. The fourth-order valence-corrected chi connectivity index (χ4v) is 1.50. The van der Waals surface area contributed by atoms with Crippen LogP contribution in [0.5, 0.6) is 0 Å². The van der Waals surface area contributed by atoms with Gasteiger partial charge in [-0.25, -0.2) is 4.79 Å². The van der Waals surface area contributed by atoms with Crippen molar-refractivity contribution in [2.75, 3.05) is 6.61 Å². The van der Waals surface area contributed by atoms with Crippen LogP contribution in [0.4, 0.5) is 0 Å². The summed E-state index contributed by atoms with van der Waals surface area (Å²) in [4.78, 5) is 24.8. The number of aromatic nitrogens is 2. The summed E-state index contributed by atoms with van der Waals surface area (Å²) < 4.78 is 2.10. The Bertz CT molecular complexity index is 528. The SMILES string of the molecule is C/C(CO)=C(/Br)Cn1cc(C)c(=O)[nH]c1=O. The molecule has 88 valence electrons. The Morgan fingerprint density at radius 2 is 2.19 bits per heavy atom. The molecule has 6 heteroatoms. The maximum Gasteiger partial charge on any atom is 0.328 e. The van der Waals surface area contributed by atoms with Gasteiger partial charge in [-0.1, -0.05) is 15.9 Å². The van der Waals surface area contributed by atoms with E-state index in [9.17, 15) is 9.59 Å². The first-order chi connectivity index (χ1) is 7.45. The number of hydrogen-bond donors (Lipinski definition) is 2. The number of nitrogens with one attached hydrogen (secondary N) is 1. The van der Waals surface area contributed by atoms with Crippen molar-refractivity contribution in [3.63, 3.8) is 0 Å². The molecule has 1 aromatic heterocycles. The lowest BCUT2D eigenvalue weighted by atomic mass is 10.3. The maximum absolute atomic E-state index is 11.4. The Balaban J connectivity index is 3.13. The van der Waals surface area contributed by atoms with Gasteiger partial charge in [0.25, 0.3) is 5.56 Å². The minimum absolute atomic E-state index is 0.0718. The zero-order valence-corrected chi connectivity index (χ0v) is 10.7. The number of hydrogen-bond acceptors (Lipinski definition) is 3. The number of rotatable bonds is 3. The summed E-state index contributed by atoms with van der Waals surface area (Å²) in [6, 6.07) is 0. The number of allylic oxidation sites excluding steroid dienone is 1. The Morgan fingerprint density at radius 3 is 2.75 bits per heavy atom. The molecule has 5 nitrogen and oxygen atoms in total. The van der Waals surface area contributed by atoms with E-state index in [4.69, 9.17) is 5.11 Å². The summed E-state index contributed by atoms with van der Waals surface area (Å²) in [5, 5.41) is 8.92. The first-order valence-electron chi connectivity index (χ1n) is 4.71. The van der Waals surface area contributed by atoms with Crippen molar-refractivity contribution < 1.29 is 5.11 Å². The molecule has 0 atom stereocenters. The van der Waals surface area contributed by atoms with Crippen LogP contribution in [0.1, 0.15) is 12.5 Å². The Labute approximate surface area is 101 Å². The van der Waals surface area contributed by atoms with Gasteiger partial charge in [0.2, 0.25) is 0 Å². The van der Waals surface area contributed by atoms with Crippen LogP contribution in [0.3, 0.4) is 0 Å². The second kappa shape index (κ2) is 5.27. The molecule has 0 aliphatic rings. The number of aliphatic hydroxyl groups excluding tert-OH is 1. The minimum Gasteiger partial charge on any atom is -0.392 e. The van der Waals surface area contributed by atoms with Crippen LogP contribution in [0.25, 0.3) is 0 Å². The average molecular weight is 289 g/mol. The molecule has 0 saturated carbocycles. The molecule has 0 unspecified atom stereocenters. The molecule has 0 spiro atoms. The summed E-state index contributed by atoms with van der Waals surface area (Å²) in [6.45, 7) is 3.61. The molecule has 0 saturated heterocycles. The molecule has 1 heterocycles. The molecule has 0 fully saturated rings. The van der Waals surface area contributed by atoms with E-state index in [1.54, 1.807) is 13.8 Å². The molecule has 0 aliphatic heterocycles. The van der Waals surface area contributed by atoms with Crippen molar-refractivity contribution in [3.8, 4) is 0 Å². The lowest BCUT2D eigenvalue weighted by Gasteiger charge is -2.07. The summed E-state index contributed by atoms with van der Waals surface area (Å²) in [5.41, 5.74) is 0.385. The molecular formula is C10H13BrN2O3. The third-order valence-corrected chi connectivity index (χ3v) is 3.13.